The number of carbonyl (C=O) groups is 2. The van der Waals surface area contributed by atoms with E-state index in [-0.39, 0.29) is 29.1 Å². The third kappa shape index (κ3) is 7.47. The van der Waals surface area contributed by atoms with Crippen molar-refractivity contribution in [1.29, 1.82) is 5.41 Å². The van der Waals surface area contributed by atoms with Crippen molar-refractivity contribution in [3.8, 4) is 0 Å². The summed E-state index contributed by atoms with van der Waals surface area (Å²) in [4.78, 5) is 28.3. The van der Waals surface area contributed by atoms with Gasteiger partial charge in [-0.05, 0) is 108 Å². The summed E-state index contributed by atoms with van der Waals surface area (Å²) in [6, 6.07) is 15.7. The zero-order valence-corrected chi connectivity index (χ0v) is 26.6. The number of aryl methyl sites for hydroxylation is 3. The first-order valence-electron chi connectivity index (χ1n) is 15.9. The molecule has 0 atom stereocenters. The average Bonchev–Trinajstić information content (AvgIpc) is 3.67. The van der Waals surface area contributed by atoms with Gasteiger partial charge in [-0.25, -0.2) is 4.68 Å². The van der Waals surface area contributed by atoms with Crippen molar-refractivity contribution in [2.75, 3.05) is 23.3 Å². The zero-order chi connectivity index (χ0) is 31.4. The molecule has 44 heavy (non-hydrogen) atoms. The summed E-state index contributed by atoms with van der Waals surface area (Å²) in [6.07, 6.45) is 7.63. The molecule has 0 bridgehead atoms. The Morgan fingerprint density at radius 1 is 0.977 bits per heavy atom. The van der Waals surface area contributed by atoms with Crippen LogP contribution >= 0.6 is 0 Å². The largest absolute Gasteiger partial charge is 0.371 e. The minimum atomic E-state index is -0.333. The molecule has 8 nitrogen and oxygen atoms in total. The molecular formula is C36H46N6O2. The van der Waals surface area contributed by atoms with Crippen LogP contribution in [0, 0.1) is 12.3 Å². The Balaban J connectivity index is 1.25. The number of hydrogen-bond donors (Lipinski definition) is 3. The van der Waals surface area contributed by atoms with Crippen LogP contribution in [-0.4, -0.2) is 46.4 Å². The van der Waals surface area contributed by atoms with Crippen molar-refractivity contribution in [1.82, 2.24) is 15.1 Å². The van der Waals surface area contributed by atoms with Gasteiger partial charge in [-0.15, -0.1) is 0 Å². The highest BCUT2D eigenvalue weighted by Crippen LogP contribution is 2.26. The second kappa shape index (κ2) is 13.2. The van der Waals surface area contributed by atoms with Gasteiger partial charge in [-0.3, -0.25) is 15.0 Å². The van der Waals surface area contributed by atoms with Gasteiger partial charge in [0.2, 0.25) is 0 Å². The molecule has 2 aromatic carbocycles. The van der Waals surface area contributed by atoms with Crippen LogP contribution in [0.2, 0.25) is 0 Å². The fraction of sp³-hybridized carbons (Fsp3) is 0.444. The topological polar surface area (TPSA) is 103 Å². The maximum Gasteiger partial charge on any atom is 0.269 e. The molecule has 3 N–H and O–H groups in total. The van der Waals surface area contributed by atoms with Gasteiger partial charge in [0, 0.05) is 42.0 Å². The first-order chi connectivity index (χ1) is 21.0. The van der Waals surface area contributed by atoms with E-state index in [0.29, 0.717) is 29.8 Å². The Kier molecular flexibility index (Phi) is 9.37. The highest BCUT2D eigenvalue weighted by atomic mass is 16.2. The van der Waals surface area contributed by atoms with Crippen molar-refractivity contribution in [2.24, 2.45) is 0 Å². The highest BCUT2D eigenvalue weighted by molar-refractivity contribution is 6.44. The molecule has 232 valence electrons. The lowest BCUT2D eigenvalue weighted by Gasteiger charge is -2.30. The van der Waals surface area contributed by atoms with E-state index in [1.165, 1.54) is 5.57 Å². The number of amides is 2. The van der Waals surface area contributed by atoms with Gasteiger partial charge in [-0.2, -0.15) is 5.10 Å². The standard InChI is InChI=1S/C36H46N6O2/c1-24-18-20-41(21-19-24)31-16-13-26(14-17-31)34(43)39-32-23-30(40-42(32)36(3,4)5)15-12-27-22-28(11-10-25(27)2)33(37)35(44)38-29-8-6-7-9-29/h10-11,13-14,16-17,22-23,29,37H,1,6-9,12,15,18-21H2,2-5H3,(H,38,44)(H,39,43). The molecule has 2 fully saturated rings. The number of rotatable bonds is 9. The van der Waals surface area contributed by atoms with E-state index in [4.69, 9.17) is 10.5 Å². The fourth-order valence-corrected chi connectivity index (χ4v) is 6.06. The van der Waals surface area contributed by atoms with Crippen LogP contribution < -0.4 is 15.5 Å². The number of benzene rings is 2. The van der Waals surface area contributed by atoms with Crippen molar-refractivity contribution < 1.29 is 9.59 Å². The van der Waals surface area contributed by atoms with E-state index >= 15 is 0 Å². The van der Waals surface area contributed by atoms with Crippen LogP contribution in [0.5, 0.6) is 0 Å². The number of aromatic nitrogens is 2. The van der Waals surface area contributed by atoms with E-state index in [2.05, 4.69) is 42.9 Å². The van der Waals surface area contributed by atoms with Gasteiger partial charge in [0.1, 0.15) is 11.5 Å². The van der Waals surface area contributed by atoms with Crippen molar-refractivity contribution in [2.45, 2.75) is 90.6 Å². The van der Waals surface area contributed by atoms with Gasteiger partial charge in [-0.1, -0.05) is 37.1 Å². The van der Waals surface area contributed by atoms with Crippen LogP contribution in [0.4, 0.5) is 11.5 Å². The maximum atomic E-state index is 13.3. The minimum Gasteiger partial charge on any atom is -0.371 e. The van der Waals surface area contributed by atoms with E-state index < -0.39 is 0 Å². The molecule has 2 aliphatic rings. The molecule has 5 rings (SSSR count). The van der Waals surface area contributed by atoms with Crippen molar-refractivity contribution >= 4 is 29.0 Å². The van der Waals surface area contributed by atoms with Crippen LogP contribution in [0.15, 0.2) is 60.7 Å². The third-order valence-electron chi connectivity index (χ3n) is 8.81. The summed E-state index contributed by atoms with van der Waals surface area (Å²) in [7, 11) is 0. The Bertz CT molecular complexity index is 1530. The summed E-state index contributed by atoms with van der Waals surface area (Å²) in [5, 5.41) is 19.5. The van der Waals surface area contributed by atoms with Crippen LogP contribution in [0.1, 0.15) is 92.0 Å². The Morgan fingerprint density at radius 3 is 2.30 bits per heavy atom. The summed E-state index contributed by atoms with van der Waals surface area (Å²) >= 11 is 0. The molecule has 1 aliphatic carbocycles. The van der Waals surface area contributed by atoms with E-state index in [1.54, 1.807) is 0 Å². The summed E-state index contributed by atoms with van der Waals surface area (Å²) in [6.45, 7) is 14.3. The predicted octanol–water partition coefficient (Wildman–Crippen LogP) is 6.57. The quantitative estimate of drug-likeness (QED) is 0.193. The van der Waals surface area contributed by atoms with Crippen molar-refractivity contribution in [3.05, 3.63) is 88.6 Å². The highest BCUT2D eigenvalue weighted by Gasteiger charge is 2.23. The molecule has 1 aromatic heterocycles. The van der Waals surface area contributed by atoms with Gasteiger partial charge >= 0.3 is 0 Å². The number of piperidine rings is 1. The molecule has 0 unspecified atom stereocenters. The lowest BCUT2D eigenvalue weighted by atomic mass is 9.97. The normalized spacial score (nSPS) is 15.8. The first-order valence-corrected chi connectivity index (χ1v) is 15.9. The number of nitrogens with one attached hydrogen (secondary N) is 3. The number of nitrogens with zero attached hydrogens (tertiary/aromatic N) is 3. The molecule has 0 spiro atoms. The lowest BCUT2D eigenvalue weighted by Crippen LogP contribution is -2.37. The molecular weight excluding hydrogens is 548 g/mol. The zero-order valence-electron chi connectivity index (χ0n) is 26.6. The van der Waals surface area contributed by atoms with Crippen LogP contribution in [0.25, 0.3) is 0 Å². The van der Waals surface area contributed by atoms with E-state index in [9.17, 15) is 9.59 Å². The fourth-order valence-electron chi connectivity index (χ4n) is 6.06. The molecule has 2 heterocycles. The second-order valence-electron chi connectivity index (χ2n) is 13.3. The molecule has 0 radical (unpaired) electrons. The Hall–Kier alpha value is -4.20. The second-order valence-corrected chi connectivity index (χ2v) is 13.3. The summed E-state index contributed by atoms with van der Waals surface area (Å²) in [5.41, 5.74) is 6.40. The third-order valence-corrected chi connectivity index (χ3v) is 8.81. The van der Waals surface area contributed by atoms with Gasteiger partial charge in [0.05, 0.1) is 11.2 Å². The smallest absolute Gasteiger partial charge is 0.269 e. The molecule has 1 aliphatic heterocycles. The Morgan fingerprint density at radius 2 is 1.64 bits per heavy atom. The molecule has 3 aromatic rings. The van der Waals surface area contributed by atoms with Gasteiger partial charge in [0.15, 0.2) is 0 Å². The predicted molar refractivity (Wildman–Crippen MR) is 178 cm³/mol. The van der Waals surface area contributed by atoms with E-state index in [0.717, 1.165) is 74.1 Å². The maximum absolute atomic E-state index is 13.3. The van der Waals surface area contributed by atoms with Crippen molar-refractivity contribution in [3.63, 3.8) is 0 Å². The molecule has 1 saturated heterocycles. The SMILES string of the molecule is C=C1CCN(c2ccc(C(=O)Nc3cc(CCc4cc(C(=N)C(=O)NC5CCCC5)ccc4C)nn3C(C)(C)C)cc2)CC1. The monoisotopic (exact) mass is 594 g/mol. The number of hydrogen-bond acceptors (Lipinski definition) is 5. The first kappa shape index (κ1) is 31.2. The summed E-state index contributed by atoms with van der Waals surface area (Å²) in [5.74, 6) is 0.189. The molecule has 8 heteroatoms. The van der Waals surface area contributed by atoms with Crippen LogP contribution in [-0.2, 0) is 23.2 Å². The Labute approximate surface area is 261 Å². The lowest BCUT2D eigenvalue weighted by molar-refractivity contribution is -0.115. The molecule has 1 saturated carbocycles. The number of anilines is 2. The van der Waals surface area contributed by atoms with Crippen LogP contribution in [0.3, 0.4) is 0 Å². The van der Waals surface area contributed by atoms with Gasteiger partial charge in [0.25, 0.3) is 11.8 Å². The number of carbonyl (C=O) groups excluding carboxylic acids is 2. The minimum absolute atomic E-state index is 0.00928. The average molecular weight is 595 g/mol. The van der Waals surface area contributed by atoms with Gasteiger partial charge < -0.3 is 15.5 Å². The van der Waals surface area contributed by atoms with E-state index in [1.807, 2.05) is 60.1 Å². The summed E-state index contributed by atoms with van der Waals surface area (Å²) < 4.78 is 1.88. The molecule has 2 amide bonds.